The fourth-order valence-electron chi connectivity index (χ4n) is 6.68. The van der Waals surface area contributed by atoms with Gasteiger partial charge in [-0.3, -0.25) is 9.69 Å². The van der Waals surface area contributed by atoms with Crippen molar-refractivity contribution in [1.29, 1.82) is 0 Å². The van der Waals surface area contributed by atoms with Crippen molar-refractivity contribution >= 4 is 34.3 Å². The largest absolute Gasteiger partial charge is 0.453 e. The molecule has 1 N–H and O–H groups in total. The fourth-order valence-corrected chi connectivity index (χ4v) is 7.39. The van der Waals surface area contributed by atoms with E-state index in [9.17, 15) is 4.79 Å². The SMILES string of the molecule is CC(=O)Nc1ccccc1-c1ccc2c(c1)Oc1ccccc1N2[C@H]1C[C@H]2CC[C@@H](C1)N2Cc1cccs1. The van der Waals surface area contributed by atoms with E-state index < -0.39 is 0 Å². The van der Waals surface area contributed by atoms with Gasteiger partial charge in [-0.1, -0.05) is 42.5 Å². The highest BCUT2D eigenvalue weighted by Crippen LogP contribution is 2.52. The first-order chi connectivity index (χ1) is 18.6. The summed E-state index contributed by atoms with van der Waals surface area (Å²) in [4.78, 5) is 18.6. The molecule has 7 rings (SSSR count). The number of anilines is 3. The zero-order valence-corrected chi connectivity index (χ0v) is 22.3. The normalized spacial score (nSPS) is 21.9. The smallest absolute Gasteiger partial charge is 0.221 e. The number of carbonyl (C=O) groups excluding carboxylic acids is 1. The number of fused-ring (bicyclic) bond motifs is 4. The average Bonchev–Trinajstić information content (AvgIpc) is 3.51. The van der Waals surface area contributed by atoms with E-state index in [0.29, 0.717) is 18.1 Å². The van der Waals surface area contributed by atoms with Crippen LogP contribution in [0.25, 0.3) is 11.1 Å². The van der Waals surface area contributed by atoms with Gasteiger partial charge in [0.2, 0.25) is 5.91 Å². The van der Waals surface area contributed by atoms with Crippen LogP contribution in [0.1, 0.15) is 37.5 Å². The van der Waals surface area contributed by atoms with E-state index in [0.717, 1.165) is 59.1 Å². The summed E-state index contributed by atoms with van der Waals surface area (Å²) in [6.07, 6.45) is 4.88. The zero-order chi connectivity index (χ0) is 25.6. The number of ether oxygens (including phenoxy) is 1. The molecule has 3 aliphatic heterocycles. The highest BCUT2D eigenvalue weighted by molar-refractivity contribution is 7.09. The first-order valence-corrected chi connectivity index (χ1v) is 14.4. The maximum atomic E-state index is 11.8. The fraction of sp³-hybridized carbons (Fsp3) is 0.281. The van der Waals surface area contributed by atoms with Crippen molar-refractivity contribution in [3.63, 3.8) is 0 Å². The zero-order valence-electron chi connectivity index (χ0n) is 21.5. The molecule has 2 saturated heterocycles. The quantitative estimate of drug-likeness (QED) is 0.291. The molecule has 3 atom stereocenters. The van der Waals surface area contributed by atoms with Crippen molar-refractivity contribution in [3.8, 4) is 22.6 Å². The Morgan fingerprint density at radius 2 is 1.66 bits per heavy atom. The summed E-state index contributed by atoms with van der Waals surface area (Å²) in [5.74, 6) is 1.69. The maximum Gasteiger partial charge on any atom is 0.221 e. The summed E-state index contributed by atoms with van der Waals surface area (Å²) in [5, 5.41) is 5.16. The average molecular weight is 522 g/mol. The summed E-state index contributed by atoms with van der Waals surface area (Å²) < 4.78 is 6.50. The molecule has 0 radical (unpaired) electrons. The Morgan fingerprint density at radius 3 is 2.45 bits per heavy atom. The van der Waals surface area contributed by atoms with Crippen molar-refractivity contribution in [3.05, 3.63) is 89.1 Å². The molecule has 0 saturated carbocycles. The lowest BCUT2D eigenvalue weighted by Crippen LogP contribution is -2.49. The minimum atomic E-state index is -0.0770. The molecule has 5 nitrogen and oxygen atoms in total. The number of nitrogens with one attached hydrogen (secondary N) is 1. The van der Waals surface area contributed by atoms with Crippen molar-refractivity contribution in [1.82, 2.24) is 4.90 Å². The predicted octanol–water partition coefficient (Wildman–Crippen LogP) is 7.81. The maximum absolute atomic E-state index is 11.8. The number of benzene rings is 3. The van der Waals surface area contributed by atoms with Gasteiger partial charge >= 0.3 is 0 Å². The number of para-hydroxylation sites is 3. The predicted molar refractivity (Wildman–Crippen MR) is 155 cm³/mol. The molecule has 2 fully saturated rings. The van der Waals surface area contributed by atoms with E-state index >= 15 is 0 Å². The number of hydrogen-bond donors (Lipinski definition) is 1. The Balaban J connectivity index is 1.23. The minimum absolute atomic E-state index is 0.0770. The molecule has 6 heteroatoms. The molecule has 38 heavy (non-hydrogen) atoms. The Hall–Kier alpha value is -3.61. The van der Waals surface area contributed by atoms with Gasteiger partial charge in [-0.05, 0) is 73.0 Å². The molecule has 4 aromatic rings. The number of piperidine rings is 1. The summed E-state index contributed by atoms with van der Waals surface area (Å²) in [5.41, 5.74) is 5.10. The lowest BCUT2D eigenvalue weighted by molar-refractivity contribution is -0.114. The molecule has 192 valence electrons. The van der Waals surface area contributed by atoms with Crippen LogP contribution in [0.4, 0.5) is 17.1 Å². The lowest BCUT2D eigenvalue weighted by Gasteiger charge is -2.46. The molecule has 3 aliphatic rings. The van der Waals surface area contributed by atoms with E-state index in [-0.39, 0.29) is 5.91 Å². The van der Waals surface area contributed by atoms with Crippen LogP contribution in [0.5, 0.6) is 11.5 Å². The molecule has 3 aromatic carbocycles. The van der Waals surface area contributed by atoms with Gasteiger partial charge in [0.1, 0.15) is 0 Å². The van der Waals surface area contributed by atoms with Gasteiger partial charge < -0.3 is 15.0 Å². The highest BCUT2D eigenvalue weighted by Gasteiger charge is 2.44. The lowest BCUT2D eigenvalue weighted by atomic mass is 9.93. The molecule has 0 aliphatic carbocycles. The van der Waals surface area contributed by atoms with Gasteiger partial charge in [0.15, 0.2) is 11.5 Å². The Bertz CT molecular complexity index is 1470. The number of rotatable bonds is 5. The van der Waals surface area contributed by atoms with Crippen molar-refractivity contribution in [2.45, 2.75) is 57.3 Å². The van der Waals surface area contributed by atoms with Gasteiger partial charge in [-0.25, -0.2) is 0 Å². The molecular weight excluding hydrogens is 490 g/mol. The van der Waals surface area contributed by atoms with Gasteiger partial charge in [0, 0.05) is 47.7 Å². The summed E-state index contributed by atoms with van der Waals surface area (Å²) in [7, 11) is 0. The van der Waals surface area contributed by atoms with Gasteiger partial charge in [0.05, 0.1) is 11.4 Å². The van der Waals surface area contributed by atoms with Crippen molar-refractivity contribution < 1.29 is 9.53 Å². The summed E-state index contributed by atoms with van der Waals surface area (Å²) in [6, 6.07) is 28.9. The molecular formula is C32H31N3O2S. The number of hydrogen-bond acceptors (Lipinski definition) is 5. The molecule has 1 aromatic heterocycles. The van der Waals surface area contributed by atoms with Crippen LogP contribution in [0.15, 0.2) is 84.2 Å². The Morgan fingerprint density at radius 1 is 0.895 bits per heavy atom. The van der Waals surface area contributed by atoms with Crippen LogP contribution < -0.4 is 15.0 Å². The second-order valence-corrected chi connectivity index (χ2v) is 11.6. The van der Waals surface area contributed by atoms with Gasteiger partial charge in [-0.15, -0.1) is 11.3 Å². The second-order valence-electron chi connectivity index (χ2n) is 10.6. The number of nitrogens with zero attached hydrogens (tertiary/aromatic N) is 2. The number of carbonyl (C=O) groups is 1. The van der Waals surface area contributed by atoms with Crippen LogP contribution in [0.2, 0.25) is 0 Å². The number of thiophene rings is 1. The Kier molecular flexibility index (Phi) is 5.94. The second kappa shape index (κ2) is 9.61. The molecule has 1 amide bonds. The van der Waals surface area contributed by atoms with Crippen molar-refractivity contribution in [2.75, 3.05) is 10.2 Å². The van der Waals surface area contributed by atoms with Crippen LogP contribution in [-0.2, 0) is 11.3 Å². The van der Waals surface area contributed by atoms with E-state index in [1.54, 1.807) is 6.92 Å². The van der Waals surface area contributed by atoms with E-state index in [1.807, 2.05) is 41.7 Å². The molecule has 4 heterocycles. The summed E-state index contributed by atoms with van der Waals surface area (Å²) >= 11 is 1.87. The van der Waals surface area contributed by atoms with E-state index in [4.69, 9.17) is 4.74 Å². The molecule has 0 spiro atoms. The van der Waals surface area contributed by atoms with Crippen LogP contribution >= 0.6 is 11.3 Å². The topological polar surface area (TPSA) is 44.8 Å². The number of amides is 1. The first kappa shape index (κ1) is 23.5. The van der Waals surface area contributed by atoms with E-state index in [1.165, 1.54) is 17.7 Å². The monoisotopic (exact) mass is 521 g/mol. The van der Waals surface area contributed by atoms with Gasteiger partial charge in [0.25, 0.3) is 0 Å². The third-order valence-electron chi connectivity index (χ3n) is 8.26. The molecule has 0 unspecified atom stereocenters. The van der Waals surface area contributed by atoms with Crippen LogP contribution in [-0.4, -0.2) is 28.9 Å². The minimum Gasteiger partial charge on any atom is -0.453 e. The van der Waals surface area contributed by atoms with Crippen LogP contribution in [0, 0.1) is 0 Å². The van der Waals surface area contributed by atoms with Crippen molar-refractivity contribution in [2.24, 2.45) is 0 Å². The third-order valence-corrected chi connectivity index (χ3v) is 9.12. The summed E-state index contributed by atoms with van der Waals surface area (Å²) in [6.45, 7) is 2.62. The Labute approximate surface area is 227 Å². The standard InChI is InChI=1S/C32H31N3O2S/c1-21(36)33-28-9-3-2-8-27(28)22-12-15-30-32(17-22)37-31-11-5-4-10-29(31)35(30)25-18-23-13-14-24(19-25)34(23)20-26-7-6-16-38-26/h2-12,15-17,23-25H,13-14,18-20H2,1H3,(H,33,36)/t23-,24+,25+. The third kappa shape index (κ3) is 4.18. The van der Waals surface area contributed by atoms with E-state index in [2.05, 4.69) is 69.0 Å². The highest BCUT2D eigenvalue weighted by atomic mass is 32.1. The van der Waals surface area contributed by atoms with Gasteiger partial charge in [-0.2, -0.15) is 0 Å². The van der Waals surface area contributed by atoms with Crippen LogP contribution in [0.3, 0.4) is 0 Å². The first-order valence-electron chi connectivity index (χ1n) is 13.5. The molecule has 2 bridgehead atoms.